The second-order valence-electron chi connectivity index (χ2n) is 4.47. The number of halogens is 2. The second-order valence-corrected chi connectivity index (χ2v) is 5.32. The van der Waals surface area contributed by atoms with Crippen molar-refractivity contribution in [1.29, 1.82) is 0 Å². The molecule has 1 aromatic carbocycles. The molecule has 1 aliphatic rings. The molecule has 0 saturated heterocycles. The van der Waals surface area contributed by atoms with Crippen LogP contribution in [0.1, 0.15) is 32.1 Å². The van der Waals surface area contributed by atoms with Crippen molar-refractivity contribution in [1.82, 2.24) is 0 Å². The smallest absolute Gasteiger partial charge is 0.137 e. The van der Waals surface area contributed by atoms with Crippen LogP contribution >= 0.6 is 15.9 Å². The molecule has 92 valence electrons. The van der Waals surface area contributed by atoms with Crippen molar-refractivity contribution < 1.29 is 4.39 Å². The van der Waals surface area contributed by atoms with Gasteiger partial charge in [-0.05, 0) is 47.0 Å². The van der Waals surface area contributed by atoms with E-state index < -0.39 is 0 Å². The Morgan fingerprint density at radius 3 is 2.65 bits per heavy atom. The fourth-order valence-electron chi connectivity index (χ4n) is 2.19. The minimum absolute atomic E-state index is 0.278. The number of benzene rings is 1. The van der Waals surface area contributed by atoms with Crippen molar-refractivity contribution in [2.24, 2.45) is 16.6 Å². The van der Waals surface area contributed by atoms with Gasteiger partial charge >= 0.3 is 0 Å². The molecule has 0 radical (unpaired) electrons. The van der Waals surface area contributed by atoms with Gasteiger partial charge in [0.15, 0.2) is 0 Å². The Morgan fingerprint density at radius 2 is 2.00 bits per heavy atom. The largest absolute Gasteiger partial charge is 0.387 e. The Balaban J connectivity index is 2.13. The van der Waals surface area contributed by atoms with E-state index in [4.69, 9.17) is 5.73 Å². The van der Waals surface area contributed by atoms with E-state index in [1.54, 1.807) is 12.1 Å². The fraction of sp³-hybridized carbons (Fsp3) is 0.462. The lowest BCUT2D eigenvalue weighted by atomic mass is 9.88. The topological polar surface area (TPSA) is 38.4 Å². The zero-order valence-corrected chi connectivity index (χ0v) is 11.2. The summed E-state index contributed by atoms with van der Waals surface area (Å²) in [5.74, 6) is 0.802. The van der Waals surface area contributed by atoms with Crippen LogP contribution in [0.4, 0.5) is 10.1 Å². The number of hydrogen-bond acceptors (Lipinski definition) is 1. The molecule has 0 unspecified atom stereocenters. The lowest BCUT2D eigenvalue weighted by Crippen LogP contribution is -2.25. The van der Waals surface area contributed by atoms with Crippen molar-refractivity contribution in [2.45, 2.75) is 32.1 Å². The average molecular weight is 299 g/mol. The third kappa shape index (κ3) is 3.28. The predicted molar refractivity (Wildman–Crippen MR) is 72.0 cm³/mol. The third-order valence-electron chi connectivity index (χ3n) is 3.18. The van der Waals surface area contributed by atoms with Crippen LogP contribution in [-0.4, -0.2) is 5.84 Å². The van der Waals surface area contributed by atoms with Gasteiger partial charge in [0.25, 0.3) is 0 Å². The molecule has 0 spiro atoms. The molecule has 4 heteroatoms. The summed E-state index contributed by atoms with van der Waals surface area (Å²) in [6.45, 7) is 0. The van der Waals surface area contributed by atoms with E-state index >= 15 is 0 Å². The van der Waals surface area contributed by atoms with Crippen molar-refractivity contribution >= 4 is 27.5 Å². The summed E-state index contributed by atoms with van der Waals surface area (Å²) in [5.41, 5.74) is 6.72. The van der Waals surface area contributed by atoms with Crippen LogP contribution in [0, 0.1) is 11.7 Å². The molecule has 0 heterocycles. The Bertz CT molecular complexity index is 425. The second kappa shape index (κ2) is 5.63. The van der Waals surface area contributed by atoms with Crippen molar-refractivity contribution in [3.63, 3.8) is 0 Å². The van der Waals surface area contributed by atoms with Gasteiger partial charge in [-0.25, -0.2) is 9.38 Å². The number of aliphatic imine (C=N–C) groups is 1. The fourth-order valence-corrected chi connectivity index (χ4v) is 2.56. The van der Waals surface area contributed by atoms with E-state index in [0.717, 1.165) is 12.8 Å². The van der Waals surface area contributed by atoms with Crippen LogP contribution in [0.2, 0.25) is 0 Å². The van der Waals surface area contributed by atoms with Gasteiger partial charge in [0.1, 0.15) is 11.7 Å². The zero-order chi connectivity index (χ0) is 12.3. The van der Waals surface area contributed by atoms with E-state index in [2.05, 4.69) is 20.9 Å². The maximum Gasteiger partial charge on any atom is 0.137 e. The highest BCUT2D eigenvalue weighted by Crippen LogP contribution is 2.26. The number of nitrogens with zero attached hydrogens (tertiary/aromatic N) is 1. The third-order valence-corrected chi connectivity index (χ3v) is 3.79. The van der Waals surface area contributed by atoms with Gasteiger partial charge in [0.2, 0.25) is 0 Å². The number of hydrogen-bond donors (Lipinski definition) is 1. The summed E-state index contributed by atoms with van der Waals surface area (Å²) < 4.78 is 13.5. The number of amidine groups is 1. The predicted octanol–water partition coefficient (Wildman–Crippen LogP) is 4.16. The van der Waals surface area contributed by atoms with Crippen LogP contribution in [-0.2, 0) is 0 Å². The van der Waals surface area contributed by atoms with Crippen LogP contribution in [0.5, 0.6) is 0 Å². The van der Waals surface area contributed by atoms with Crippen molar-refractivity contribution in [2.75, 3.05) is 0 Å². The highest BCUT2D eigenvalue weighted by atomic mass is 79.9. The molecule has 17 heavy (non-hydrogen) atoms. The molecule has 1 aromatic rings. The molecule has 1 saturated carbocycles. The molecule has 0 aliphatic heterocycles. The normalized spacial score (nSPS) is 18.4. The number of rotatable bonds is 2. The SMILES string of the molecule is NC(=Nc1ccc(F)c(Br)c1)C1CCCCC1. The van der Waals surface area contributed by atoms with Crippen LogP contribution in [0.15, 0.2) is 27.7 Å². The summed E-state index contributed by atoms with van der Waals surface area (Å²) in [6, 6.07) is 4.71. The summed E-state index contributed by atoms with van der Waals surface area (Å²) in [7, 11) is 0. The highest BCUT2D eigenvalue weighted by molar-refractivity contribution is 9.10. The average Bonchev–Trinajstić information content (AvgIpc) is 2.35. The molecule has 0 aromatic heterocycles. The molecule has 2 nitrogen and oxygen atoms in total. The first kappa shape index (κ1) is 12.6. The monoisotopic (exact) mass is 298 g/mol. The standard InChI is InChI=1S/C13H16BrFN2/c14-11-8-10(6-7-12(11)15)17-13(16)9-4-2-1-3-5-9/h6-9H,1-5H2,(H2,16,17). The van der Waals surface area contributed by atoms with Gasteiger partial charge in [-0.15, -0.1) is 0 Å². The number of nitrogens with two attached hydrogens (primary N) is 1. The molecule has 0 atom stereocenters. The summed E-state index contributed by atoms with van der Waals surface area (Å²) in [5, 5.41) is 0. The van der Waals surface area contributed by atoms with Crippen LogP contribution in [0.25, 0.3) is 0 Å². The van der Waals surface area contributed by atoms with Gasteiger partial charge in [-0.3, -0.25) is 0 Å². The first-order valence-corrected chi connectivity index (χ1v) is 6.75. The Labute approximate surface area is 109 Å². The van der Waals surface area contributed by atoms with Crippen LogP contribution < -0.4 is 5.73 Å². The maximum atomic E-state index is 13.1. The molecular formula is C13H16BrFN2. The first-order chi connectivity index (χ1) is 8.16. The minimum Gasteiger partial charge on any atom is -0.387 e. The van der Waals surface area contributed by atoms with E-state index in [-0.39, 0.29) is 5.82 Å². The Hall–Kier alpha value is -0.900. The quantitative estimate of drug-likeness (QED) is 0.646. The summed E-state index contributed by atoms with van der Waals surface area (Å²) in [4.78, 5) is 4.38. The summed E-state index contributed by atoms with van der Waals surface area (Å²) >= 11 is 3.15. The van der Waals surface area contributed by atoms with Crippen molar-refractivity contribution in [3.05, 3.63) is 28.5 Å². The molecule has 1 fully saturated rings. The molecule has 0 amide bonds. The van der Waals surface area contributed by atoms with Gasteiger partial charge in [-0.1, -0.05) is 19.3 Å². The lowest BCUT2D eigenvalue weighted by molar-refractivity contribution is 0.437. The van der Waals surface area contributed by atoms with E-state index in [9.17, 15) is 4.39 Å². The first-order valence-electron chi connectivity index (χ1n) is 5.96. The summed E-state index contributed by atoms with van der Waals surface area (Å²) in [6.07, 6.45) is 6.00. The lowest BCUT2D eigenvalue weighted by Gasteiger charge is -2.20. The van der Waals surface area contributed by atoms with E-state index in [0.29, 0.717) is 21.9 Å². The van der Waals surface area contributed by atoms with E-state index in [1.165, 1.54) is 25.3 Å². The molecular weight excluding hydrogens is 283 g/mol. The Morgan fingerprint density at radius 1 is 1.29 bits per heavy atom. The zero-order valence-electron chi connectivity index (χ0n) is 9.63. The van der Waals surface area contributed by atoms with Gasteiger partial charge in [-0.2, -0.15) is 0 Å². The maximum absolute atomic E-state index is 13.1. The van der Waals surface area contributed by atoms with Gasteiger partial charge in [0, 0.05) is 5.92 Å². The molecule has 2 rings (SSSR count). The van der Waals surface area contributed by atoms with Gasteiger partial charge in [0.05, 0.1) is 10.2 Å². The molecule has 0 bridgehead atoms. The van der Waals surface area contributed by atoms with Crippen molar-refractivity contribution in [3.8, 4) is 0 Å². The van der Waals surface area contributed by atoms with Crippen LogP contribution in [0.3, 0.4) is 0 Å². The minimum atomic E-state index is -0.278. The molecule has 1 aliphatic carbocycles. The van der Waals surface area contributed by atoms with E-state index in [1.807, 2.05) is 0 Å². The van der Waals surface area contributed by atoms with Gasteiger partial charge < -0.3 is 5.73 Å². The Kier molecular flexibility index (Phi) is 4.15. The highest BCUT2D eigenvalue weighted by Gasteiger charge is 2.16. The molecule has 2 N–H and O–H groups in total.